The molecule has 1 aromatic rings. The number of hydrogen-bond donors (Lipinski definition) is 1. The third kappa shape index (κ3) is 3.00. The van der Waals surface area contributed by atoms with E-state index in [4.69, 9.17) is 5.73 Å². The summed E-state index contributed by atoms with van der Waals surface area (Å²) in [6.45, 7) is 3.86. The quantitative estimate of drug-likeness (QED) is 0.607. The summed E-state index contributed by atoms with van der Waals surface area (Å²) in [4.78, 5) is 23.4. The number of carbonyl (C=O) groups is 2. The SMILES string of the molecule is CCCC(N)C(=O)C(=O)c1ccc(C)cc1. The Morgan fingerprint density at radius 1 is 1.25 bits per heavy atom. The Bertz CT molecular complexity index is 381. The highest BCUT2D eigenvalue weighted by Gasteiger charge is 2.22. The maximum atomic E-state index is 11.7. The molecule has 0 aliphatic heterocycles. The number of nitrogens with two attached hydrogens (primary N) is 1. The number of hydrogen-bond acceptors (Lipinski definition) is 3. The molecule has 0 saturated heterocycles. The molecular weight excluding hydrogens is 202 g/mol. The topological polar surface area (TPSA) is 60.2 Å². The molecule has 1 atom stereocenters. The van der Waals surface area contributed by atoms with Gasteiger partial charge in [0, 0.05) is 5.56 Å². The van der Waals surface area contributed by atoms with Crippen LogP contribution in [-0.4, -0.2) is 17.6 Å². The second-order valence-electron chi connectivity index (χ2n) is 3.95. The first-order valence-corrected chi connectivity index (χ1v) is 5.47. The van der Waals surface area contributed by atoms with Gasteiger partial charge >= 0.3 is 0 Å². The van der Waals surface area contributed by atoms with Crippen LogP contribution in [0.3, 0.4) is 0 Å². The van der Waals surface area contributed by atoms with E-state index in [-0.39, 0.29) is 0 Å². The monoisotopic (exact) mass is 219 g/mol. The average molecular weight is 219 g/mol. The van der Waals surface area contributed by atoms with Crippen LogP contribution < -0.4 is 5.73 Å². The van der Waals surface area contributed by atoms with Gasteiger partial charge in [0.05, 0.1) is 6.04 Å². The molecule has 0 amide bonds. The molecule has 16 heavy (non-hydrogen) atoms. The van der Waals surface area contributed by atoms with Gasteiger partial charge in [-0.25, -0.2) is 0 Å². The van der Waals surface area contributed by atoms with E-state index in [0.717, 1.165) is 12.0 Å². The van der Waals surface area contributed by atoms with E-state index in [1.165, 1.54) is 0 Å². The molecule has 0 aromatic heterocycles. The van der Waals surface area contributed by atoms with Crippen LogP contribution in [0.15, 0.2) is 24.3 Å². The van der Waals surface area contributed by atoms with Crippen molar-refractivity contribution in [1.82, 2.24) is 0 Å². The normalized spacial score (nSPS) is 12.2. The average Bonchev–Trinajstić information content (AvgIpc) is 2.28. The van der Waals surface area contributed by atoms with E-state index in [1.54, 1.807) is 12.1 Å². The van der Waals surface area contributed by atoms with Crippen LogP contribution in [0.25, 0.3) is 0 Å². The van der Waals surface area contributed by atoms with Gasteiger partial charge in [-0.05, 0) is 13.3 Å². The molecule has 0 radical (unpaired) electrons. The lowest BCUT2D eigenvalue weighted by atomic mass is 9.99. The maximum Gasteiger partial charge on any atom is 0.230 e. The largest absolute Gasteiger partial charge is 0.321 e. The summed E-state index contributed by atoms with van der Waals surface area (Å²) in [6, 6.07) is 6.28. The van der Waals surface area contributed by atoms with E-state index in [2.05, 4.69) is 0 Å². The Labute approximate surface area is 95.6 Å². The third-order valence-electron chi connectivity index (χ3n) is 2.47. The summed E-state index contributed by atoms with van der Waals surface area (Å²) >= 11 is 0. The number of rotatable bonds is 5. The highest BCUT2D eigenvalue weighted by molar-refractivity contribution is 6.45. The lowest BCUT2D eigenvalue weighted by Crippen LogP contribution is -2.35. The van der Waals surface area contributed by atoms with Crippen molar-refractivity contribution in [3.8, 4) is 0 Å². The van der Waals surface area contributed by atoms with Crippen LogP contribution in [0.5, 0.6) is 0 Å². The lowest BCUT2D eigenvalue weighted by Gasteiger charge is -2.07. The summed E-state index contributed by atoms with van der Waals surface area (Å²) in [5.74, 6) is -0.980. The summed E-state index contributed by atoms with van der Waals surface area (Å²) in [5, 5.41) is 0. The van der Waals surface area contributed by atoms with Crippen LogP contribution in [-0.2, 0) is 4.79 Å². The van der Waals surface area contributed by atoms with Crippen LogP contribution in [0.1, 0.15) is 35.7 Å². The Morgan fingerprint density at radius 2 is 1.81 bits per heavy atom. The predicted octanol–water partition coefficient (Wildman–Crippen LogP) is 1.87. The molecule has 0 fully saturated rings. The molecule has 1 aromatic carbocycles. The van der Waals surface area contributed by atoms with E-state index in [1.807, 2.05) is 26.0 Å². The van der Waals surface area contributed by atoms with Crippen molar-refractivity contribution >= 4 is 11.6 Å². The lowest BCUT2D eigenvalue weighted by molar-refractivity contribution is -0.116. The zero-order valence-corrected chi connectivity index (χ0v) is 9.69. The molecule has 1 unspecified atom stereocenters. The maximum absolute atomic E-state index is 11.7. The summed E-state index contributed by atoms with van der Waals surface area (Å²) in [5.41, 5.74) is 7.10. The zero-order chi connectivity index (χ0) is 12.1. The van der Waals surface area contributed by atoms with Crippen molar-refractivity contribution in [3.05, 3.63) is 35.4 Å². The highest BCUT2D eigenvalue weighted by Crippen LogP contribution is 2.07. The molecule has 1 rings (SSSR count). The number of Topliss-reactive ketones (excluding diaryl/α,β-unsaturated/α-hetero) is 2. The molecule has 86 valence electrons. The fourth-order valence-electron chi connectivity index (χ4n) is 1.46. The van der Waals surface area contributed by atoms with Gasteiger partial charge in [0.15, 0.2) is 0 Å². The van der Waals surface area contributed by atoms with Crippen LogP contribution in [0.4, 0.5) is 0 Å². The van der Waals surface area contributed by atoms with Gasteiger partial charge in [-0.1, -0.05) is 43.2 Å². The Hall–Kier alpha value is -1.48. The minimum atomic E-state index is -0.668. The fraction of sp³-hybridized carbons (Fsp3) is 0.385. The first-order valence-electron chi connectivity index (χ1n) is 5.47. The van der Waals surface area contributed by atoms with E-state index in [0.29, 0.717) is 12.0 Å². The molecule has 0 aliphatic carbocycles. The standard InChI is InChI=1S/C13H17NO2/c1-3-4-11(14)13(16)12(15)10-7-5-9(2)6-8-10/h5-8,11H,3-4,14H2,1-2H3. The summed E-state index contributed by atoms with van der Waals surface area (Å²) in [7, 11) is 0. The zero-order valence-electron chi connectivity index (χ0n) is 9.69. The van der Waals surface area contributed by atoms with Crippen molar-refractivity contribution in [3.63, 3.8) is 0 Å². The molecule has 2 N–H and O–H groups in total. The van der Waals surface area contributed by atoms with Gasteiger partial charge in [-0.15, -0.1) is 0 Å². The van der Waals surface area contributed by atoms with E-state index < -0.39 is 17.6 Å². The molecule has 0 spiro atoms. The molecule has 3 nitrogen and oxygen atoms in total. The molecule has 3 heteroatoms. The number of aryl methyl sites for hydroxylation is 1. The minimum Gasteiger partial charge on any atom is -0.321 e. The van der Waals surface area contributed by atoms with Crippen molar-refractivity contribution < 1.29 is 9.59 Å². The molecule has 0 heterocycles. The molecule has 0 aliphatic rings. The fourth-order valence-corrected chi connectivity index (χ4v) is 1.46. The molecular formula is C13H17NO2. The van der Waals surface area contributed by atoms with Crippen molar-refractivity contribution in [1.29, 1.82) is 0 Å². The van der Waals surface area contributed by atoms with Crippen LogP contribution >= 0.6 is 0 Å². The smallest absolute Gasteiger partial charge is 0.230 e. The second kappa shape index (κ2) is 5.56. The second-order valence-corrected chi connectivity index (χ2v) is 3.95. The predicted molar refractivity (Wildman–Crippen MR) is 63.4 cm³/mol. The van der Waals surface area contributed by atoms with Gasteiger partial charge in [-0.3, -0.25) is 9.59 Å². The van der Waals surface area contributed by atoms with Crippen molar-refractivity contribution in [2.24, 2.45) is 5.73 Å². The Morgan fingerprint density at radius 3 is 2.31 bits per heavy atom. The van der Waals surface area contributed by atoms with Crippen molar-refractivity contribution in [2.45, 2.75) is 32.7 Å². The van der Waals surface area contributed by atoms with Crippen LogP contribution in [0.2, 0.25) is 0 Å². The van der Waals surface area contributed by atoms with Gasteiger partial charge in [0.1, 0.15) is 0 Å². The van der Waals surface area contributed by atoms with Gasteiger partial charge in [-0.2, -0.15) is 0 Å². The van der Waals surface area contributed by atoms with E-state index >= 15 is 0 Å². The van der Waals surface area contributed by atoms with Gasteiger partial charge in [0.2, 0.25) is 11.6 Å². The molecule has 0 saturated carbocycles. The number of ketones is 2. The van der Waals surface area contributed by atoms with E-state index in [9.17, 15) is 9.59 Å². The number of carbonyl (C=O) groups excluding carboxylic acids is 2. The number of benzene rings is 1. The molecule has 0 bridgehead atoms. The Balaban J connectivity index is 2.78. The van der Waals surface area contributed by atoms with Gasteiger partial charge < -0.3 is 5.73 Å². The van der Waals surface area contributed by atoms with Crippen LogP contribution in [0, 0.1) is 6.92 Å². The Kier molecular flexibility index (Phi) is 4.38. The minimum absolute atomic E-state index is 0.419. The van der Waals surface area contributed by atoms with Crippen molar-refractivity contribution in [2.75, 3.05) is 0 Å². The summed E-state index contributed by atoms with van der Waals surface area (Å²) in [6.07, 6.45) is 1.35. The first kappa shape index (κ1) is 12.6. The summed E-state index contributed by atoms with van der Waals surface area (Å²) < 4.78 is 0. The third-order valence-corrected chi connectivity index (χ3v) is 2.47. The van der Waals surface area contributed by atoms with Gasteiger partial charge in [0.25, 0.3) is 0 Å². The first-order chi connectivity index (χ1) is 7.56. The highest BCUT2D eigenvalue weighted by atomic mass is 16.2.